The van der Waals surface area contributed by atoms with Crippen LogP contribution in [0, 0.1) is 6.92 Å². The molecule has 0 amide bonds. The molecular weight excluding hydrogens is 480 g/mol. The van der Waals surface area contributed by atoms with Crippen molar-refractivity contribution in [3.63, 3.8) is 0 Å². The maximum atomic E-state index is 13.0. The molecule has 8 heteroatoms. The summed E-state index contributed by atoms with van der Waals surface area (Å²) in [4.78, 5) is 10.6. The van der Waals surface area contributed by atoms with E-state index in [9.17, 15) is 8.42 Å². The van der Waals surface area contributed by atoms with E-state index in [-0.39, 0.29) is 17.5 Å². The Hall–Kier alpha value is -1.58. The molecule has 2 heterocycles. The van der Waals surface area contributed by atoms with Crippen molar-refractivity contribution in [3.05, 3.63) is 59.2 Å². The molecule has 0 saturated carbocycles. The summed E-state index contributed by atoms with van der Waals surface area (Å²) in [5.41, 5.74) is 3.56. The van der Waals surface area contributed by atoms with E-state index in [1.807, 2.05) is 24.1 Å². The number of hydrogen-bond donors (Lipinski definition) is 0. The number of piperidine rings is 1. The van der Waals surface area contributed by atoms with Gasteiger partial charge in [-0.1, -0.05) is 29.8 Å². The van der Waals surface area contributed by atoms with Gasteiger partial charge in [-0.05, 0) is 71.4 Å². The lowest BCUT2D eigenvalue weighted by atomic mass is 9.64. The summed E-state index contributed by atoms with van der Waals surface area (Å²) in [5, 5.41) is 2.04. The first-order chi connectivity index (χ1) is 14.9. The highest BCUT2D eigenvalue weighted by Gasteiger charge is 2.54. The number of nitrogens with zero attached hydrogens (tertiary/aromatic N) is 2. The van der Waals surface area contributed by atoms with E-state index < -0.39 is 15.5 Å². The molecule has 0 spiro atoms. The van der Waals surface area contributed by atoms with Gasteiger partial charge in [0.05, 0.1) is 34.3 Å². The van der Waals surface area contributed by atoms with Crippen molar-refractivity contribution in [1.82, 2.24) is 5.06 Å². The van der Waals surface area contributed by atoms with Crippen molar-refractivity contribution >= 4 is 36.4 Å². The topological polar surface area (TPSA) is 68.2 Å². The molecular formula is C23H25BrN2O4S. The molecule has 164 valence electrons. The summed E-state index contributed by atoms with van der Waals surface area (Å²) in [6.07, 6.45) is 2.83. The van der Waals surface area contributed by atoms with E-state index in [4.69, 9.17) is 14.0 Å². The van der Waals surface area contributed by atoms with E-state index in [0.717, 1.165) is 40.8 Å². The zero-order valence-corrected chi connectivity index (χ0v) is 19.9. The van der Waals surface area contributed by atoms with Crippen molar-refractivity contribution in [1.29, 1.82) is 0 Å². The fourth-order valence-corrected chi connectivity index (χ4v) is 6.97. The molecule has 1 fully saturated rings. The number of hydroxylamine groups is 2. The van der Waals surface area contributed by atoms with Gasteiger partial charge in [0, 0.05) is 18.5 Å². The molecule has 1 saturated heterocycles. The average molecular weight is 505 g/mol. The lowest BCUT2D eigenvalue weighted by Gasteiger charge is -2.49. The molecule has 2 aliphatic heterocycles. The van der Waals surface area contributed by atoms with Gasteiger partial charge in [0.25, 0.3) is 10.1 Å². The first-order valence-corrected chi connectivity index (χ1v) is 12.7. The standard InChI is InChI=1S/C23H25BrN2O4S/c1-15-8-10-16(11-9-15)31(27,28)30-14-23-13-20-17(6-4-12-26(20)29-2)18-5-3-7-19(21(18)23)25-22(23)24/h3,5,7-11,17,20H,4,6,12-14H2,1-2H3/t17-,20-,23?/m1/s1. The largest absolute Gasteiger partial charge is 0.302 e. The third-order valence-corrected chi connectivity index (χ3v) is 9.07. The molecule has 3 aliphatic rings. The maximum absolute atomic E-state index is 13.0. The Bertz CT molecular complexity index is 1150. The van der Waals surface area contributed by atoms with Crippen molar-refractivity contribution in [3.8, 4) is 0 Å². The minimum absolute atomic E-state index is 0.00190. The van der Waals surface area contributed by atoms with E-state index in [1.54, 1.807) is 31.4 Å². The minimum atomic E-state index is -3.90. The molecule has 1 unspecified atom stereocenters. The molecule has 31 heavy (non-hydrogen) atoms. The van der Waals surface area contributed by atoms with E-state index in [0.29, 0.717) is 12.3 Å². The van der Waals surface area contributed by atoms with Gasteiger partial charge in [0.2, 0.25) is 0 Å². The maximum Gasteiger partial charge on any atom is 0.297 e. The normalized spacial score (nSPS) is 27.5. The highest BCUT2D eigenvalue weighted by molar-refractivity contribution is 9.18. The summed E-state index contributed by atoms with van der Waals surface area (Å²) < 4.78 is 32.4. The highest BCUT2D eigenvalue weighted by atomic mass is 79.9. The molecule has 0 radical (unpaired) electrons. The van der Waals surface area contributed by atoms with Gasteiger partial charge >= 0.3 is 0 Å². The van der Waals surface area contributed by atoms with Crippen LogP contribution in [0.15, 0.2) is 52.4 Å². The Labute approximate surface area is 191 Å². The van der Waals surface area contributed by atoms with E-state index in [2.05, 4.69) is 22.0 Å². The molecule has 5 rings (SSSR count). The summed E-state index contributed by atoms with van der Waals surface area (Å²) in [6.45, 7) is 2.78. The third-order valence-electron chi connectivity index (χ3n) is 6.86. The van der Waals surface area contributed by atoms with Crippen LogP contribution in [0.2, 0.25) is 0 Å². The van der Waals surface area contributed by atoms with Crippen LogP contribution in [0.4, 0.5) is 5.69 Å². The van der Waals surface area contributed by atoms with Gasteiger partial charge < -0.3 is 4.84 Å². The fraction of sp³-hybridized carbons (Fsp3) is 0.435. The smallest absolute Gasteiger partial charge is 0.297 e. The molecule has 0 aromatic heterocycles. The number of fused-ring (bicyclic) bond motifs is 2. The predicted molar refractivity (Wildman–Crippen MR) is 123 cm³/mol. The van der Waals surface area contributed by atoms with Crippen molar-refractivity contribution in [2.45, 2.75) is 48.5 Å². The zero-order valence-electron chi connectivity index (χ0n) is 17.5. The Kier molecular flexibility index (Phi) is 5.34. The third kappa shape index (κ3) is 3.40. The zero-order chi connectivity index (χ0) is 21.8. The Morgan fingerprint density at radius 1 is 1.23 bits per heavy atom. The lowest BCUT2D eigenvalue weighted by molar-refractivity contribution is -0.186. The summed E-state index contributed by atoms with van der Waals surface area (Å²) in [7, 11) is -2.19. The molecule has 2 aromatic carbocycles. The van der Waals surface area contributed by atoms with Crippen LogP contribution in [0.25, 0.3) is 0 Å². The van der Waals surface area contributed by atoms with Gasteiger partial charge in [-0.15, -0.1) is 0 Å². The number of halogens is 1. The average Bonchev–Trinajstić information content (AvgIpc) is 3.05. The van der Waals surface area contributed by atoms with Crippen molar-refractivity contribution in [2.75, 3.05) is 20.3 Å². The van der Waals surface area contributed by atoms with Crippen LogP contribution in [0.5, 0.6) is 0 Å². The van der Waals surface area contributed by atoms with Gasteiger partial charge in [0.1, 0.15) is 0 Å². The van der Waals surface area contributed by atoms with Crippen LogP contribution < -0.4 is 0 Å². The van der Waals surface area contributed by atoms with Crippen LogP contribution in [0.1, 0.15) is 41.9 Å². The molecule has 3 atom stereocenters. The van der Waals surface area contributed by atoms with Gasteiger partial charge in [0.15, 0.2) is 0 Å². The Morgan fingerprint density at radius 2 is 2.00 bits per heavy atom. The number of hydrogen-bond acceptors (Lipinski definition) is 6. The van der Waals surface area contributed by atoms with Gasteiger partial charge in [-0.3, -0.25) is 4.18 Å². The second kappa shape index (κ2) is 7.78. The van der Waals surface area contributed by atoms with Crippen LogP contribution >= 0.6 is 15.9 Å². The first kappa shape index (κ1) is 21.3. The molecule has 0 bridgehead atoms. The quantitative estimate of drug-likeness (QED) is 0.557. The summed E-state index contributed by atoms with van der Waals surface area (Å²) in [6, 6.07) is 13.0. The number of aliphatic imine (C=N–C) groups is 1. The number of benzene rings is 2. The number of aryl methyl sites for hydroxylation is 1. The molecule has 1 aliphatic carbocycles. The van der Waals surface area contributed by atoms with Crippen LogP contribution in [0.3, 0.4) is 0 Å². The second-order valence-electron chi connectivity index (χ2n) is 8.60. The summed E-state index contributed by atoms with van der Waals surface area (Å²) in [5.74, 6) is 0.332. The van der Waals surface area contributed by atoms with Crippen LogP contribution in [-0.2, 0) is 24.6 Å². The van der Waals surface area contributed by atoms with Crippen LogP contribution in [-0.4, -0.2) is 44.4 Å². The lowest BCUT2D eigenvalue weighted by Crippen LogP contribution is -2.53. The number of rotatable bonds is 5. The minimum Gasteiger partial charge on any atom is -0.302 e. The van der Waals surface area contributed by atoms with E-state index >= 15 is 0 Å². The monoisotopic (exact) mass is 504 g/mol. The van der Waals surface area contributed by atoms with Gasteiger partial charge in [-0.25, -0.2) is 4.99 Å². The summed E-state index contributed by atoms with van der Waals surface area (Å²) >= 11 is 3.68. The Balaban J connectivity index is 1.55. The van der Waals surface area contributed by atoms with Gasteiger partial charge in [-0.2, -0.15) is 13.5 Å². The first-order valence-electron chi connectivity index (χ1n) is 10.5. The van der Waals surface area contributed by atoms with E-state index in [1.165, 1.54) is 5.56 Å². The van der Waals surface area contributed by atoms with Crippen molar-refractivity contribution < 1.29 is 17.4 Å². The highest BCUT2D eigenvalue weighted by Crippen LogP contribution is 2.56. The molecule has 2 aromatic rings. The Morgan fingerprint density at radius 3 is 2.74 bits per heavy atom. The predicted octanol–water partition coefficient (Wildman–Crippen LogP) is 4.59. The molecule has 6 nitrogen and oxygen atoms in total. The fourth-order valence-electron chi connectivity index (χ4n) is 5.34. The SMILES string of the molecule is CON1CCC[C@@H]2c3cccc4c3C(COS(=O)(=O)c3ccc(C)cc3)(C[C@H]21)C(Br)=N4. The van der Waals surface area contributed by atoms with Crippen molar-refractivity contribution in [2.24, 2.45) is 4.99 Å². The second-order valence-corrected chi connectivity index (χ2v) is 11.0. The molecule has 0 N–H and O–H groups in total.